The van der Waals surface area contributed by atoms with Gasteiger partial charge in [-0.15, -0.1) is 0 Å². The maximum absolute atomic E-state index is 12.9. The van der Waals surface area contributed by atoms with Gasteiger partial charge >= 0.3 is 24.1 Å². The average molecular weight is 503 g/mol. The Morgan fingerprint density at radius 3 is 2.31 bits per heavy atom. The molecule has 4 N–H and O–H groups in total. The summed E-state index contributed by atoms with van der Waals surface area (Å²) in [4.78, 5) is 22.7. The number of carbonyl (C=O) groups is 1. The van der Waals surface area contributed by atoms with Crippen molar-refractivity contribution in [2.24, 2.45) is 16.1 Å². The van der Waals surface area contributed by atoms with Crippen LogP contribution in [0.25, 0.3) is 11.1 Å². The van der Waals surface area contributed by atoms with Crippen molar-refractivity contribution >= 4 is 17.8 Å². The molecule has 35 heavy (non-hydrogen) atoms. The number of nitrogens with two attached hydrogens (primary N) is 1. The van der Waals surface area contributed by atoms with Gasteiger partial charge in [-0.25, -0.2) is 10.4 Å². The van der Waals surface area contributed by atoms with E-state index in [4.69, 9.17) is 21.0 Å². The van der Waals surface area contributed by atoms with Gasteiger partial charge in [0.15, 0.2) is 12.4 Å². The molecule has 0 aromatic carbocycles. The lowest BCUT2D eigenvalue weighted by Gasteiger charge is -2.19. The first-order valence-electron chi connectivity index (χ1n) is 9.83. The minimum Gasteiger partial charge on any atom is -0.481 e. The molecule has 0 saturated heterocycles. The van der Waals surface area contributed by atoms with Crippen molar-refractivity contribution in [2.45, 2.75) is 32.9 Å². The summed E-state index contributed by atoms with van der Waals surface area (Å²) in [5.74, 6) is -6.36. The Balaban J connectivity index is 2.08. The van der Waals surface area contributed by atoms with Gasteiger partial charge in [-0.3, -0.25) is 9.78 Å². The molecule has 2 aromatic heterocycles. The molecular weight excluding hydrogens is 481 g/mol. The monoisotopic (exact) mass is 503 g/mol. The van der Waals surface area contributed by atoms with Crippen LogP contribution in [0.3, 0.4) is 0 Å². The molecule has 2 heterocycles. The van der Waals surface area contributed by atoms with Crippen LogP contribution in [-0.2, 0) is 9.53 Å². The molecule has 14 heteroatoms. The summed E-state index contributed by atoms with van der Waals surface area (Å²) < 4.78 is 71.7. The SMILES string of the molecule is Cc1cc(OCC(C)(C)C(=O)O)ncc1-c1ccc(C(N)=NC(=N)OCC(F)(F)C(F)(F)F)nc1. The van der Waals surface area contributed by atoms with Crippen LogP contribution in [0, 0.1) is 17.7 Å². The van der Waals surface area contributed by atoms with Gasteiger partial charge in [-0.2, -0.15) is 26.9 Å². The highest BCUT2D eigenvalue weighted by molar-refractivity contribution is 6.01. The maximum atomic E-state index is 12.9. The van der Waals surface area contributed by atoms with E-state index in [2.05, 4.69) is 19.7 Å². The van der Waals surface area contributed by atoms with Gasteiger partial charge < -0.3 is 20.3 Å². The Morgan fingerprint density at radius 2 is 1.80 bits per heavy atom. The summed E-state index contributed by atoms with van der Waals surface area (Å²) in [6.45, 7) is 2.60. The number of hydrogen-bond acceptors (Lipinski definition) is 6. The van der Waals surface area contributed by atoms with Gasteiger partial charge in [-0.1, -0.05) is 6.07 Å². The quantitative estimate of drug-likeness (QED) is 0.282. The van der Waals surface area contributed by atoms with Crippen LogP contribution >= 0.6 is 0 Å². The lowest BCUT2D eigenvalue weighted by Crippen LogP contribution is -2.41. The normalized spacial score (nSPS) is 12.9. The van der Waals surface area contributed by atoms with E-state index in [1.165, 1.54) is 32.3 Å². The van der Waals surface area contributed by atoms with E-state index in [9.17, 15) is 26.7 Å². The number of halogens is 5. The van der Waals surface area contributed by atoms with E-state index < -0.39 is 41.9 Å². The summed E-state index contributed by atoms with van der Waals surface area (Å²) >= 11 is 0. The summed E-state index contributed by atoms with van der Waals surface area (Å²) in [5.41, 5.74) is 6.55. The Hall–Kier alpha value is -3.84. The molecule has 0 unspecified atom stereocenters. The Morgan fingerprint density at radius 1 is 1.14 bits per heavy atom. The van der Waals surface area contributed by atoms with Gasteiger partial charge in [0.1, 0.15) is 12.3 Å². The van der Waals surface area contributed by atoms with Gasteiger partial charge in [0.25, 0.3) is 0 Å². The average Bonchev–Trinajstić information content (AvgIpc) is 2.76. The second kappa shape index (κ2) is 10.2. The van der Waals surface area contributed by atoms with E-state index in [0.29, 0.717) is 11.1 Å². The van der Waals surface area contributed by atoms with E-state index in [1.54, 1.807) is 19.1 Å². The zero-order valence-corrected chi connectivity index (χ0v) is 18.8. The topological polar surface area (TPSA) is 144 Å². The number of aryl methyl sites for hydroxylation is 1. The molecule has 0 fully saturated rings. The fraction of sp³-hybridized carbons (Fsp3) is 0.381. The molecule has 0 aliphatic heterocycles. The van der Waals surface area contributed by atoms with Gasteiger partial charge in [0.2, 0.25) is 5.88 Å². The number of aliphatic carboxylic acids is 1. The number of alkyl halides is 5. The number of rotatable bonds is 8. The molecule has 2 aromatic rings. The Labute approximate surface area is 196 Å². The number of carboxylic acid groups (broad SMARTS) is 1. The maximum Gasteiger partial charge on any atom is 0.456 e. The third-order valence-electron chi connectivity index (χ3n) is 4.61. The number of nitrogens with one attached hydrogen (secondary N) is 1. The van der Waals surface area contributed by atoms with E-state index >= 15 is 0 Å². The predicted octanol–water partition coefficient (Wildman–Crippen LogP) is 3.80. The standard InChI is InChI=1S/C21H22F5N5O4/c1-11-6-15(34-9-19(2,3)17(32)33)30-8-13(11)12-4-5-14(29-7-12)16(27)31-18(28)35-10-20(22,23)21(24,25)26/h4-8H,9-10H2,1-3H3,(H,32,33)(H3,27,28,31). The molecule has 0 aliphatic rings. The summed E-state index contributed by atoms with van der Waals surface area (Å²) in [7, 11) is 0. The molecule has 0 saturated carbocycles. The second-order valence-corrected chi connectivity index (χ2v) is 8.04. The lowest BCUT2D eigenvalue weighted by molar-refractivity contribution is -0.291. The third-order valence-corrected chi connectivity index (χ3v) is 4.61. The molecule has 0 atom stereocenters. The number of nitrogens with zero attached hydrogens (tertiary/aromatic N) is 3. The number of aromatic nitrogens is 2. The lowest BCUT2D eigenvalue weighted by atomic mass is 9.95. The summed E-state index contributed by atoms with van der Waals surface area (Å²) in [6, 6.07) is 3.35. The Bertz CT molecular complexity index is 1120. The van der Waals surface area contributed by atoms with Gasteiger partial charge in [0.05, 0.1) is 5.41 Å². The Kier molecular flexibility index (Phi) is 7.98. The molecule has 0 aliphatic carbocycles. The van der Waals surface area contributed by atoms with Crippen LogP contribution < -0.4 is 10.5 Å². The highest BCUT2D eigenvalue weighted by Crippen LogP contribution is 2.35. The fourth-order valence-electron chi connectivity index (χ4n) is 2.37. The van der Waals surface area contributed by atoms with Crippen LogP contribution in [0.1, 0.15) is 25.1 Å². The van der Waals surface area contributed by atoms with Crippen LogP contribution in [0.5, 0.6) is 5.88 Å². The zero-order valence-electron chi connectivity index (χ0n) is 18.8. The highest BCUT2D eigenvalue weighted by atomic mass is 19.4. The first-order valence-corrected chi connectivity index (χ1v) is 9.83. The van der Waals surface area contributed by atoms with Crippen LogP contribution in [0.2, 0.25) is 0 Å². The summed E-state index contributed by atoms with van der Waals surface area (Å²) in [5, 5.41) is 16.5. The first-order chi connectivity index (χ1) is 16.0. The molecular formula is C21H22F5N5O4. The number of aliphatic imine (C=N–C) groups is 1. The van der Waals surface area contributed by atoms with Crippen molar-refractivity contribution in [1.29, 1.82) is 5.41 Å². The predicted molar refractivity (Wildman–Crippen MR) is 115 cm³/mol. The molecule has 9 nitrogen and oxygen atoms in total. The van der Waals surface area contributed by atoms with E-state index in [0.717, 1.165) is 5.56 Å². The van der Waals surface area contributed by atoms with Gasteiger partial charge in [0, 0.05) is 29.6 Å². The fourth-order valence-corrected chi connectivity index (χ4v) is 2.37. The minimum absolute atomic E-state index is 0.0196. The third kappa shape index (κ3) is 7.07. The highest BCUT2D eigenvalue weighted by Gasteiger charge is 2.58. The van der Waals surface area contributed by atoms with Gasteiger partial charge in [-0.05, 0) is 32.4 Å². The smallest absolute Gasteiger partial charge is 0.456 e. The summed E-state index contributed by atoms with van der Waals surface area (Å²) in [6.07, 6.45) is -2.94. The van der Waals surface area contributed by atoms with E-state index in [-0.39, 0.29) is 18.2 Å². The molecule has 2 rings (SSSR count). The second-order valence-electron chi connectivity index (χ2n) is 8.04. The first kappa shape index (κ1) is 27.4. The van der Waals surface area contributed by atoms with Crippen LogP contribution in [0.15, 0.2) is 35.6 Å². The number of amidine groups is 2. The molecule has 0 amide bonds. The van der Waals surface area contributed by atoms with Crippen molar-refractivity contribution in [2.75, 3.05) is 13.2 Å². The zero-order chi connectivity index (χ0) is 26.6. The molecule has 0 radical (unpaired) electrons. The molecule has 0 bridgehead atoms. The van der Waals surface area contributed by atoms with Crippen molar-refractivity contribution < 1.29 is 41.3 Å². The van der Waals surface area contributed by atoms with Crippen molar-refractivity contribution in [1.82, 2.24) is 9.97 Å². The van der Waals surface area contributed by atoms with Crippen molar-refractivity contribution in [3.63, 3.8) is 0 Å². The van der Waals surface area contributed by atoms with Crippen LogP contribution in [-0.4, -0.2) is 58.2 Å². The molecule has 190 valence electrons. The largest absolute Gasteiger partial charge is 0.481 e. The number of pyridine rings is 2. The van der Waals surface area contributed by atoms with Crippen molar-refractivity contribution in [3.05, 3.63) is 41.9 Å². The number of carboxylic acids is 1. The molecule has 0 spiro atoms. The minimum atomic E-state index is -5.83. The number of ether oxygens (including phenoxy) is 2. The van der Waals surface area contributed by atoms with E-state index in [1.807, 2.05) is 0 Å². The van der Waals surface area contributed by atoms with Crippen molar-refractivity contribution in [3.8, 4) is 17.0 Å². The van der Waals surface area contributed by atoms with Crippen LogP contribution in [0.4, 0.5) is 22.0 Å². The number of hydrogen-bond donors (Lipinski definition) is 3.